The van der Waals surface area contributed by atoms with Crippen LogP contribution < -0.4 is 5.32 Å². The molecule has 2 aromatic heterocycles. The van der Waals surface area contributed by atoms with E-state index in [0.29, 0.717) is 6.04 Å². The summed E-state index contributed by atoms with van der Waals surface area (Å²) in [6.45, 7) is 10.7. The van der Waals surface area contributed by atoms with Crippen molar-refractivity contribution in [3.05, 3.63) is 45.2 Å². The van der Waals surface area contributed by atoms with Crippen molar-refractivity contribution in [1.82, 2.24) is 15.3 Å². The molecule has 0 fully saturated rings. The molecule has 0 amide bonds. The fourth-order valence-corrected chi connectivity index (χ4v) is 3.63. The van der Waals surface area contributed by atoms with Gasteiger partial charge in [-0.2, -0.15) is 0 Å². The zero-order valence-corrected chi connectivity index (χ0v) is 13.7. The molecule has 0 aliphatic rings. The van der Waals surface area contributed by atoms with E-state index in [4.69, 9.17) is 0 Å². The van der Waals surface area contributed by atoms with Crippen LogP contribution in [0.4, 0.5) is 0 Å². The lowest BCUT2D eigenvalue weighted by atomic mass is 9.99. The topological polar surface area (TPSA) is 37.8 Å². The first-order valence-corrected chi connectivity index (χ1v) is 8.01. The predicted octanol–water partition coefficient (Wildman–Crippen LogP) is 4.27. The summed E-state index contributed by atoms with van der Waals surface area (Å²) in [5.41, 5.74) is 4.83. The van der Waals surface area contributed by atoms with Crippen LogP contribution in [0, 0.1) is 20.8 Å². The number of nitrogens with zero attached hydrogens (tertiary/aromatic N) is 2. The van der Waals surface area contributed by atoms with Gasteiger partial charge < -0.3 is 5.32 Å². The van der Waals surface area contributed by atoms with E-state index in [1.165, 1.54) is 11.1 Å². The molecule has 0 spiro atoms. The summed E-state index contributed by atoms with van der Waals surface area (Å²) in [5.74, 6) is 0. The van der Waals surface area contributed by atoms with E-state index in [1.807, 2.05) is 18.5 Å². The molecular weight excluding hydrogens is 266 g/mol. The van der Waals surface area contributed by atoms with E-state index in [2.05, 4.69) is 49.0 Å². The van der Waals surface area contributed by atoms with Crippen molar-refractivity contribution in [1.29, 1.82) is 0 Å². The molecule has 0 aliphatic heterocycles. The fourth-order valence-electron chi connectivity index (χ4n) is 2.84. The van der Waals surface area contributed by atoms with Crippen molar-refractivity contribution in [3.63, 3.8) is 0 Å². The molecule has 0 saturated carbocycles. The van der Waals surface area contributed by atoms with Gasteiger partial charge in [-0.15, -0.1) is 11.3 Å². The van der Waals surface area contributed by atoms with Gasteiger partial charge in [-0.05, 0) is 51.3 Å². The lowest BCUT2D eigenvalue weighted by Gasteiger charge is -2.23. The zero-order chi connectivity index (χ0) is 14.7. The van der Waals surface area contributed by atoms with Gasteiger partial charge in [0, 0.05) is 29.0 Å². The Balaban J connectivity index is 2.21. The van der Waals surface area contributed by atoms with Crippen LogP contribution in [0.15, 0.2) is 17.6 Å². The number of pyridine rings is 1. The normalized spacial score (nSPS) is 14.2. The summed E-state index contributed by atoms with van der Waals surface area (Å²) in [4.78, 5) is 9.03. The molecule has 4 heteroatoms. The van der Waals surface area contributed by atoms with E-state index in [1.54, 1.807) is 11.3 Å². The van der Waals surface area contributed by atoms with Crippen LogP contribution in [0.2, 0.25) is 0 Å². The van der Waals surface area contributed by atoms with Gasteiger partial charge in [0.05, 0.1) is 6.04 Å². The zero-order valence-electron chi connectivity index (χ0n) is 12.9. The fraction of sp³-hybridized carbons (Fsp3) is 0.500. The minimum absolute atomic E-state index is 0.275. The highest BCUT2D eigenvalue weighted by Crippen LogP contribution is 2.26. The Bertz CT molecular complexity index is 540. The maximum atomic E-state index is 4.60. The highest BCUT2D eigenvalue weighted by atomic mass is 32.1. The molecule has 2 heterocycles. The van der Waals surface area contributed by atoms with Crippen LogP contribution >= 0.6 is 11.3 Å². The van der Waals surface area contributed by atoms with Gasteiger partial charge in [-0.1, -0.05) is 6.92 Å². The third-order valence-corrected chi connectivity index (χ3v) is 4.52. The minimum atomic E-state index is 0.275. The molecule has 1 N–H and O–H groups in total. The SMILES string of the molecule is CCC(NC(C)c1c(C)cc(C)nc1C)c1nccs1. The first-order valence-electron chi connectivity index (χ1n) is 7.13. The van der Waals surface area contributed by atoms with Crippen LogP contribution in [0.1, 0.15) is 59.9 Å². The van der Waals surface area contributed by atoms with E-state index in [-0.39, 0.29) is 6.04 Å². The van der Waals surface area contributed by atoms with Gasteiger partial charge in [0.1, 0.15) is 5.01 Å². The van der Waals surface area contributed by atoms with Gasteiger partial charge in [0.25, 0.3) is 0 Å². The maximum absolute atomic E-state index is 4.60. The molecule has 2 unspecified atom stereocenters. The van der Waals surface area contributed by atoms with Gasteiger partial charge in [-0.3, -0.25) is 4.98 Å². The molecule has 0 aromatic carbocycles. The van der Waals surface area contributed by atoms with Crippen molar-refractivity contribution >= 4 is 11.3 Å². The standard InChI is InChI=1S/C16H23N3S/c1-6-14(16-17-7-8-20-16)19-13(5)15-10(2)9-11(3)18-12(15)4/h7-9,13-14,19H,6H2,1-5H3. The van der Waals surface area contributed by atoms with E-state index >= 15 is 0 Å². The average Bonchev–Trinajstić information content (AvgIpc) is 2.88. The van der Waals surface area contributed by atoms with Crippen LogP contribution in [0.3, 0.4) is 0 Å². The van der Waals surface area contributed by atoms with Gasteiger partial charge in [0.2, 0.25) is 0 Å². The maximum Gasteiger partial charge on any atom is 0.109 e. The highest BCUT2D eigenvalue weighted by Gasteiger charge is 2.19. The second kappa shape index (κ2) is 6.46. The Kier molecular flexibility index (Phi) is 4.89. The summed E-state index contributed by atoms with van der Waals surface area (Å²) in [6, 6.07) is 2.74. The number of thiazole rings is 1. The lowest BCUT2D eigenvalue weighted by molar-refractivity contribution is 0.451. The molecule has 108 valence electrons. The predicted molar refractivity (Wildman–Crippen MR) is 85.1 cm³/mol. The first kappa shape index (κ1) is 15.1. The Morgan fingerprint density at radius 1 is 1.30 bits per heavy atom. The molecule has 0 aliphatic carbocycles. The monoisotopic (exact) mass is 289 g/mol. The third-order valence-electron chi connectivity index (χ3n) is 3.63. The quantitative estimate of drug-likeness (QED) is 0.893. The van der Waals surface area contributed by atoms with E-state index in [9.17, 15) is 0 Å². The van der Waals surface area contributed by atoms with E-state index in [0.717, 1.165) is 22.8 Å². The Morgan fingerprint density at radius 2 is 2.05 bits per heavy atom. The Labute approximate surface area is 125 Å². The molecule has 0 radical (unpaired) electrons. The van der Waals surface area contributed by atoms with Crippen LogP contribution in [0.25, 0.3) is 0 Å². The summed E-state index contributed by atoms with van der Waals surface area (Å²) in [7, 11) is 0. The number of nitrogens with one attached hydrogen (secondary N) is 1. The van der Waals surface area contributed by atoms with Crippen molar-refractivity contribution in [3.8, 4) is 0 Å². The molecule has 0 bridgehead atoms. The second-order valence-electron chi connectivity index (χ2n) is 5.30. The molecule has 20 heavy (non-hydrogen) atoms. The summed E-state index contributed by atoms with van der Waals surface area (Å²) >= 11 is 1.71. The van der Waals surface area contributed by atoms with Crippen LogP contribution in [0.5, 0.6) is 0 Å². The number of hydrogen-bond acceptors (Lipinski definition) is 4. The van der Waals surface area contributed by atoms with Crippen LogP contribution in [-0.4, -0.2) is 9.97 Å². The minimum Gasteiger partial charge on any atom is -0.301 e. The number of rotatable bonds is 5. The van der Waals surface area contributed by atoms with Crippen molar-refractivity contribution in [2.75, 3.05) is 0 Å². The summed E-state index contributed by atoms with van der Waals surface area (Å²) in [6.07, 6.45) is 2.91. The number of hydrogen-bond donors (Lipinski definition) is 1. The average molecular weight is 289 g/mol. The summed E-state index contributed by atoms with van der Waals surface area (Å²) < 4.78 is 0. The Morgan fingerprint density at radius 3 is 2.60 bits per heavy atom. The molecule has 2 aromatic rings. The smallest absolute Gasteiger partial charge is 0.109 e. The first-order chi connectivity index (χ1) is 9.52. The number of aryl methyl sites for hydroxylation is 3. The van der Waals surface area contributed by atoms with E-state index < -0.39 is 0 Å². The molecule has 2 rings (SSSR count). The largest absolute Gasteiger partial charge is 0.301 e. The highest BCUT2D eigenvalue weighted by molar-refractivity contribution is 7.09. The van der Waals surface area contributed by atoms with Crippen molar-refractivity contribution in [2.24, 2.45) is 0 Å². The second-order valence-corrected chi connectivity index (χ2v) is 6.23. The number of aromatic nitrogens is 2. The van der Waals surface area contributed by atoms with Gasteiger partial charge >= 0.3 is 0 Å². The van der Waals surface area contributed by atoms with Crippen LogP contribution in [-0.2, 0) is 0 Å². The van der Waals surface area contributed by atoms with Crippen molar-refractivity contribution < 1.29 is 0 Å². The summed E-state index contributed by atoms with van der Waals surface area (Å²) in [5, 5.41) is 6.89. The Hall–Kier alpha value is -1.26. The molecule has 0 saturated heterocycles. The molecule has 3 nitrogen and oxygen atoms in total. The molecular formula is C16H23N3S. The third kappa shape index (κ3) is 3.25. The van der Waals surface area contributed by atoms with Gasteiger partial charge in [0.15, 0.2) is 0 Å². The van der Waals surface area contributed by atoms with Crippen molar-refractivity contribution in [2.45, 2.75) is 53.1 Å². The van der Waals surface area contributed by atoms with Gasteiger partial charge in [-0.25, -0.2) is 4.98 Å². The lowest BCUT2D eigenvalue weighted by Crippen LogP contribution is -2.25. The molecule has 2 atom stereocenters.